The number of carbonyl (C=O) groups excluding carboxylic acids is 1. The van der Waals surface area contributed by atoms with Crippen LogP contribution in [0.4, 0.5) is 9.18 Å². The molecule has 0 aliphatic rings. The van der Waals surface area contributed by atoms with Gasteiger partial charge in [0.2, 0.25) is 0 Å². The van der Waals surface area contributed by atoms with E-state index >= 15 is 0 Å². The molecule has 0 fully saturated rings. The number of benzene rings is 1. The summed E-state index contributed by atoms with van der Waals surface area (Å²) in [6, 6.07) is 6.02. The lowest BCUT2D eigenvalue weighted by molar-refractivity contribution is 0.229. The Bertz CT molecular complexity index is 393. The number of hydrogen-bond donors (Lipinski definition) is 3. The summed E-state index contributed by atoms with van der Waals surface area (Å²) in [5.41, 5.74) is 4.95. The van der Waals surface area contributed by atoms with Crippen LogP contribution in [0, 0.1) is 5.82 Å². The predicted octanol–water partition coefficient (Wildman–Crippen LogP) is 1.32. The first kappa shape index (κ1) is 13.4. The summed E-state index contributed by atoms with van der Waals surface area (Å²) >= 11 is 0. The minimum atomic E-state index is -0.774. The van der Waals surface area contributed by atoms with Crippen molar-refractivity contribution in [2.45, 2.75) is 19.4 Å². The zero-order valence-corrected chi connectivity index (χ0v) is 10.1. The number of carbonyl (C=O) groups is 1. The van der Waals surface area contributed by atoms with Crippen LogP contribution in [0.2, 0.25) is 0 Å². The van der Waals surface area contributed by atoms with E-state index in [0.29, 0.717) is 18.7 Å². The number of nitrogens with two attached hydrogens (primary N) is 1. The summed E-state index contributed by atoms with van der Waals surface area (Å²) in [7, 11) is 0. The van der Waals surface area contributed by atoms with Crippen LogP contribution in [0.25, 0.3) is 0 Å². The summed E-state index contributed by atoms with van der Waals surface area (Å²) in [6.07, 6.45) is 0. The van der Waals surface area contributed by atoms with Crippen molar-refractivity contribution in [1.82, 2.24) is 10.6 Å². The lowest BCUT2D eigenvalue weighted by Crippen LogP contribution is -2.47. The third-order valence-corrected chi connectivity index (χ3v) is 2.40. The number of hydrogen-bond acceptors (Lipinski definition) is 2. The Kier molecular flexibility index (Phi) is 4.45. The molecule has 0 saturated heterocycles. The van der Waals surface area contributed by atoms with E-state index in [2.05, 4.69) is 10.6 Å². The Hall–Kier alpha value is -1.62. The average molecular weight is 239 g/mol. The molecule has 1 aromatic rings. The molecule has 4 N–H and O–H groups in total. The fourth-order valence-electron chi connectivity index (χ4n) is 1.55. The van der Waals surface area contributed by atoms with Crippen molar-refractivity contribution in [1.29, 1.82) is 0 Å². The molecule has 0 aliphatic heterocycles. The van der Waals surface area contributed by atoms with Crippen molar-refractivity contribution in [2.75, 3.05) is 13.1 Å². The van der Waals surface area contributed by atoms with Crippen molar-refractivity contribution in [3.05, 3.63) is 35.6 Å². The Morgan fingerprint density at radius 2 is 2.06 bits per heavy atom. The second kappa shape index (κ2) is 5.63. The molecule has 1 rings (SSSR count). The van der Waals surface area contributed by atoms with Crippen molar-refractivity contribution in [3.8, 4) is 0 Å². The van der Waals surface area contributed by atoms with Gasteiger partial charge in [-0.3, -0.25) is 0 Å². The van der Waals surface area contributed by atoms with Crippen LogP contribution in [0.15, 0.2) is 24.3 Å². The standard InChI is InChI=1S/C12H18FN3O/c1-12(2,16-11(17)15-8-7-14)9-5-3-4-6-10(9)13/h3-6H,7-8,14H2,1-2H3,(H2,15,16,17). The molecule has 0 spiro atoms. The van der Waals surface area contributed by atoms with E-state index in [9.17, 15) is 9.18 Å². The summed E-state index contributed by atoms with van der Waals surface area (Å²) in [5, 5.41) is 5.28. The first-order valence-electron chi connectivity index (χ1n) is 5.48. The third kappa shape index (κ3) is 3.71. The molecule has 17 heavy (non-hydrogen) atoms. The van der Waals surface area contributed by atoms with E-state index in [4.69, 9.17) is 5.73 Å². The van der Waals surface area contributed by atoms with E-state index < -0.39 is 5.54 Å². The number of halogens is 1. The number of urea groups is 1. The maximum atomic E-state index is 13.6. The van der Waals surface area contributed by atoms with Gasteiger partial charge >= 0.3 is 6.03 Å². The zero-order valence-electron chi connectivity index (χ0n) is 10.1. The van der Waals surface area contributed by atoms with Crippen molar-refractivity contribution in [3.63, 3.8) is 0 Å². The molecule has 94 valence electrons. The summed E-state index contributed by atoms with van der Waals surface area (Å²) in [5.74, 6) is -0.336. The molecule has 0 bridgehead atoms. The lowest BCUT2D eigenvalue weighted by Gasteiger charge is -2.27. The van der Waals surface area contributed by atoms with Crippen molar-refractivity contribution < 1.29 is 9.18 Å². The minimum absolute atomic E-state index is 0.336. The van der Waals surface area contributed by atoms with Crippen LogP contribution in [0.3, 0.4) is 0 Å². The van der Waals surface area contributed by atoms with Gasteiger partial charge in [-0.2, -0.15) is 0 Å². The van der Waals surface area contributed by atoms with Crippen LogP contribution in [-0.2, 0) is 5.54 Å². The van der Waals surface area contributed by atoms with Gasteiger partial charge in [0.15, 0.2) is 0 Å². The van der Waals surface area contributed by atoms with Crippen LogP contribution in [0.1, 0.15) is 19.4 Å². The highest BCUT2D eigenvalue weighted by molar-refractivity contribution is 5.74. The lowest BCUT2D eigenvalue weighted by atomic mass is 9.94. The van der Waals surface area contributed by atoms with Crippen LogP contribution >= 0.6 is 0 Å². The van der Waals surface area contributed by atoms with Crippen LogP contribution in [0.5, 0.6) is 0 Å². The van der Waals surface area contributed by atoms with Crippen molar-refractivity contribution in [2.24, 2.45) is 5.73 Å². The second-order valence-electron chi connectivity index (χ2n) is 4.27. The maximum Gasteiger partial charge on any atom is 0.315 e. The average Bonchev–Trinajstić information content (AvgIpc) is 2.26. The predicted molar refractivity (Wildman–Crippen MR) is 65.0 cm³/mol. The van der Waals surface area contributed by atoms with Gasteiger partial charge in [-0.05, 0) is 19.9 Å². The van der Waals surface area contributed by atoms with E-state index in [1.807, 2.05) is 0 Å². The minimum Gasteiger partial charge on any atom is -0.337 e. The molecular weight excluding hydrogens is 221 g/mol. The topological polar surface area (TPSA) is 67.2 Å². The fraction of sp³-hybridized carbons (Fsp3) is 0.417. The molecule has 5 heteroatoms. The fourth-order valence-corrected chi connectivity index (χ4v) is 1.55. The molecule has 0 saturated carbocycles. The molecule has 2 amide bonds. The van der Waals surface area contributed by atoms with Gasteiger partial charge in [-0.15, -0.1) is 0 Å². The highest BCUT2D eigenvalue weighted by Gasteiger charge is 2.25. The van der Waals surface area contributed by atoms with Gasteiger partial charge in [-0.25, -0.2) is 9.18 Å². The first-order valence-corrected chi connectivity index (χ1v) is 5.48. The zero-order chi connectivity index (χ0) is 12.9. The molecule has 0 radical (unpaired) electrons. The van der Waals surface area contributed by atoms with Gasteiger partial charge in [0.1, 0.15) is 5.82 Å². The molecule has 0 atom stereocenters. The molecule has 1 aromatic carbocycles. The number of rotatable bonds is 4. The van der Waals surface area contributed by atoms with E-state index in [0.717, 1.165) is 0 Å². The van der Waals surface area contributed by atoms with Gasteiger partial charge in [0.25, 0.3) is 0 Å². The molecule has 0 aromatic heterocycles. The number of amides is 2. The quantitative estimate of drug-likeness (QED) is 0.741. The Morgan fingerprint density at radius 3 is 2.65 bits per heavy atom. The van der Waals surface area contributed by atoms with Gasteiger partial charge in [0, 0.05) is 18.7 Å². The van der Waals surface area contributed by atoms with Crippen LogP contribution < -0.4 is 16.4 Å². The highest BCUT2D eigenvalue weighted by atomic mass is 19.1. The molecule has 0 unspecified atom stereocenters. The van der Waals surface area contributed by atoms with Crippen molar-refractivity contribution >= 4 is 6.03 Å². The highest BCUT2D eigenvalue weighted by Crippen LogP contribution is 2.22. The maximum absolute atomic E-state index is 13.6. The molecule has 0 aliphatic carbocycles. The van der Waals surface area contributed by atoms with E-state index in [-0.39, 0.29) is 11.8 Å². The monoisotopic (exact) mass is 239 g/mol. The third-order valence-electron chi connectivity index (χ3n) is 2.40. The summed E-state index contributed by atoms with van der Waals surface area (Å²) < 4.78 is 13.6. The van der Waals surface area contributed by atoms with Gasteiger partial charge in [-0.1, -0.05) is 18.2 Å². The van der Waals surface area contributed by atoms with Gasteiger partial charge in [0.05, 0.1) is 5.54 Å². The first-order chi connectivity index (χ1) is 7.97. The molecule has 0 heterocycles. The summed E-state index contributed by atoms with van der Waals surface area (Å²) in [4.78, 5) is 11.5. The number of nitrogens with one attached hydrogen (secondary N) is 2. The van der Waals surface area contributed by atoms with Gasteiger partial charge < -0.3 is 16.4 Å². The normalized spacial score (nSPS) is 11.1. The Morgan fingerprint density at radius 1 is 1.41 bits per heavy atom. The summed E-state index contributed by atoms with van der Waals surface area (Å²) in [6.45, 7) is 4.24. The molecular formula is C12H18FN3O. The van der Waals surface area contributed by atoms with E-state index in [1.165, 1.54) is 6.07 Å². The molecule has 4 nitrogen and oxygen atoms in total. The SMILES string of the molecule is CC(C)(NC(=O)NCCN)c1ccccc1F. The second-order valence-corrected chi connectivity index (χ2v) is 4.27. The Balaban J connectivity index is 2.75. The Labute approximate surface area is 100 Å². The van der Waals surface area contributed by atoms with E-state index in [1.54, 1.807) is 32.0 Å². The smallest absolute Gasteiger partial charge is 0.315 e. The largest absolute Gasteiger partial charge is 0.337 e. The van der Waals surface area contributed by atoms with Crippen LogP contribution in [-0.4, -0.2) is 19.1 Å².